The maximum atomic E-state index is 11.4. The maximum absolute atomic E-state index is 11.4. The lowest BCUT2D eigenvalue weighted by Crippen LogP contribution is -2.53. The molecule has 1 aliphatic heterocycles. The van der Waals surface area contributed by atoms with Crippen LogP contribution in [-0.4, -0.2) is 36.0 Å². The van der Waals surface area contributed by atoms with Crippen LogP contribution in [-0.2, 0) is 9.47 Å². The minimum absolute atomic E-state index is 0.0140. The van der Waals surface area contributed by atoms with Gasteiger partial charge in [-0.15, -0.1) is 11.8 Å². The van der Waals surface area contributed by atoms with Crippen molar-refractivity contribution in [3.8, 4) is 0 Å². The highest BCUT2D eigenvalue weighted by atomic mass is 32.2. The molecule has 2 atom stereocenters. The molecule has 2 fully saturated rings. The molecule has 0 aromatic carbocycles. The fourth-order valence-corrected chi connectivity index (χ4v) is 4.35. The van der Waals surface area contributed by atoms with Crippen molar-refractivity contribution in [3.05, 3.63) is 11.0 Å². The molecule has 1 aliphatic carbocycles. The molecule has 1 saturated heterocycles. The van der Waals surface area contributed by atoms with Gasteiger partial charge in [0.1, 0.15) is 0 Å². The molecular formula is C18H32O3S. The van der Waals surface area contributed by atoms with Gasteiger partial charge >= 0.3 is 0 Å². The Balaban J connectivity index is 2.10. The van der Waals surface area contributed by atoms with E-state index in [-0.39, 0.29) is 11.5 Å². The summed E-state index contributed by atoms with van der Waals surface area (Å²) in [4.78, 5) is 0. The van der Waals surface area contributed by atoms with Gasteiger partial charge in [-0.05, 0) is 55.3 Å². The second-order valence-corrected chi connectivity index (χ2v) is 8.18. The molecule has 0 aromatic rings. The van der Waals surface area contributed by atoms with Crippen LogP contribution >= 0.6 is 11.8 Å². The Morgan fingerprint density at radius 3 is 2.91 bits per heavy atom. The van der Waals surface area contributed by atoms with Crippen molar-refractivity contribution in [3.63, 3.8) is 0 Å². The second kappa shape index (κ2) is 8.18. The zero-order chi connectivity index (χ0) is 16.1. The first kappa shape index (κ1) is 18.3. The Hall–Kier alpha value is -0.0300. The summed E-state index contributed by atoms with van der Waals surface area (Å²) in [6.07, 6.45) is 7.50. The molecule has 4 heteroatoms. The zero-order valence-electron chi connectivity index (χ0n) is 14.4. The Morgan fingerprint density at radius 1 is 1.41 bits per heavy atom. The molecule has 128 valence electrons. The minimum atomic E-state index is -1.14. The fraction of sp³-hybridized carbons (Fsp3) is 0.889. The second-order valence-electron chi connectivity index (χ2n) is 7.21. The molecule has 0 bridgehead atoms. The van der Waals surface area contributed by atoms with E-state index >= 15 is 0 Å². The van der Waals surface area contributed by atoms with Gasteiger partial charge in [0.05, 0.1) is 12.7 Å². The van der Waals surface area contributed by atoms with E-state index in [0.717, 1.165) is 50.0 Å². The summed E-state index contributed by atoms with van der Waals surface area (Å²) >= 11 is 1.82. The van der Waals surface area contributed by atoms with Gasteiger partial charge in [-0.3, -0.25) is 0 Å². The Labute approximate surface area is 139 Å². The third-order valence-corrected chi connectivity index (χ3v) is 5.87. The lowest BCUT2D eigenvalue weighted by molar-refractivity contribution is -0.281. The Kier molecular flexibility index (Phi) is 6.81. The average molecular weight is 329 g/mol. The molecule has 1 heterocycles. The summed E-state index contributed by atoms with van der Waals surface area (Å²) in [6.45, 7) is 7.88. The monoisotopic (exact) mass is 328 g/mol. The van der Waals surface area contributed by atoms with Gasteiger partial charge in [0.25, 0.3) is 0 Å². The molecule has 2 aliphatic rings. The van der Waals surface area contributed by atoms with Crippen molar-refractivity contribution in [2.45, 2.75) is 77.6 Å². The predicted molar refractivity (Wildman–Crippen MR) is 93.0 cm³/mol. The van der Waals surface area contributed by atoms with Crippen LogP contribution in [0.25, 0.3) is 0 Å². The smallest absolute Gasteiger partial charge is 0.194 e. The number of ether oxygens (including phenoxy) is 2. The lowest BCUT2D eigenvalue weighted by Gasteiger charge is -2.49. The van der Waals surface area contributed by atoms with Crippen LogP contribution in [0.1, 0.15) is 65.7 Å². The zero-order valence-corrected chi connectivity index (χ0v) is 15.2. The van der Waals surface area contributed by atoms with Crippen molar-refractivity contribution < 1.29 is 14.6 Å². The topological polar surface area (TPSA) is 38.7 Å². The number of aliphatic hydroxyl groups is 1. The Morgan fingerprint density at radius 2 is 2.23 bits per heavy atom. The van der Waals surface area contributed by atoms with Crippen LogP contribution in [0.4, 0.5) is 0 Å². The summed E-state index contributed by atoms with van der Waals surface area (Å²) in [6, 6.07) is 0. The van der Waals surface area contributed by atoms with Crippen molar-refractivity contribution >= 4 is 11.8 Å². The quantitative estimate of drug-likeness (QED) is 0.575. The van der Waals surface area contributed by atoms with Crippen molar-refractivity contribution in [2.75, 3.05) is 19.0 Å². The normalized spacial score (nSPS) is 34.0. The molecule has 0 aromatic heterocycles. The van der Waals surface area contributed by atoms with Crippen LogP contribution in [0.2, 0.25) is 0 Å². The number of rotatable bonds is 6. The van der Waals surface area contributed by atoms with Crippen molar-refractivity contribution in [1.29, 1.82) is 0 Å². The number of hydrogen-bond acceptors (Lipinski definition) is 4. The third kappa shape index (κ3) is 4.28. The molecule has 2 unspecified atom stereocenters. The average Bonchev–Trinajstić information content (AvgIpc) is 2.49. The van der Waals surface area contributed by atoms with Gasteiger partial charge < -0.3 is 14.6 Å². The van der Waals surface area contributed by atoms with E-state index in [2.05, 4.69) is 26.2 Å². The van der Waals surface area contributed by atoms with E-state index < -0.39 is 5.79 Å². The summed E-state index contributed by atoms with van der Waals surface area (Å²) in [7, 11) is 0. The van der Waals surface area contributed by atoms with Gasteiger partial charge in [0.2, 0.25) is 0 Å². The molecule has 2 rings (SSSR count). The summed E-state index contributed by atoms with van der Waals surface area (Å²) in [5.74, 6) is -0.0289. The first-order chi connectivity index (χ1) is 10.5. The summed E-state index contributed by atoms with van der Waals surface area (Å²) in [5.41, 5.74) is 0.815. The molecule has 0 radical (unpaired) electrons. The van der Waals surface area contributed by atoms with Gasteiger partial charge in [0, 0.05) is 12.0 Å². The molecule has 1 N–H and O–H groups in total. The molecule has 3 nitrogen and oxygen atoms in total. The first-order valence-corrected chi connectivity index (χ1v) is 9.83. The van der Waals surface area contributed by atoms with E-state index in [0.29, 0.717) is 6.61 Å². The minimum Gasteiger partial charge on any atom is -0.379 e. The van der Waals surface area contributed by atoms with E-state index in [4.69, 9.17) is 9.47 Å². The fourth-order valence-electron chi connectivity index (χ4n) is 3.30. The highest BCUT2D eigenvalue weighted by Crippen LogP contribution is 2.49. The number of unbranched alkanes of at least 4 members (excludes halogenated alkanes) is 1. The van der Waals surface area contributed by atoms with Crippen LogP contribution < -0.4 is 0 Å². The summed E-state index contributed by atoms with van der Waals surface area (Å²) < 4.78 is 11.8. The molecular weight excluding hydrogens is 296 g/mol. The van der Waals surface area contributed by atoms with Crippen molar-refractivity contribution in [2.24, 2.45) is 5.41 Å². The first-order valence-electron chi connectivity index (χ1n) is 8.78. The Bertz CT molecular complexity index is 375. The summed E-state index contributed by atoms with van der Waals surface area (Å²) in [5, 5.41) is 13.6. The van der Waals surface area contributed by atoms with Crippen LogP contribution in [0.3, 0.4) is 0 Å². The highest BCUT2D eigenvalue weighted by Gasteiger charge is 2.51. The largest absolute Gasteiger partial charge is 0.379 e. The number of hydrogen-bond donors (Lipinski definition) is 1. The van der Waals surface area contributed by atoms with Gasteiger partial charge in [-0.2, -0.15) is 0 Å². The van der Waals surface area contributed by atoms with E-state index in [1.807, 2.05) is 11.8 Å². The van der Waals surface area contributed by atoms with Gasteiger partial charge in [0.15, 0.2) is 5.79 Å². The maximum Gasteiger partial charge on any atom is 0.194 e. The van der Waals surface area contributed by atoms with E-state index in [1.54, 1.807) is 0 Å². The van der Waals surface area contributed by atoms with Crippen LogP contribution in [0.15, 0.2) is 11.0 Å². The molecule has 0 amide bonds. The number of thioether (sulfide) groups is 1. The SMILES string of the molecule is CCCCSC=C1CCCC(C)(C)C1(O)OC1CCCOC1. The van der Waals surface area contributed by atoms with Crippen LogP contribution in [0, 0.1) is 5.41 Å². The highest BCUT2D eigenvalue weighted by molar-refractivity contribution is 8.02. The molecule has 22 heavy (non-hydrogen) atoms. The standard InChI is InChI=1S/C18H32O3S/c1-4-5-12-22-14-15-8-6-10-17(2,3)18(15,19)21-16-9-7-11-20-13-16/h14,16,19H,4-13H2,1-3H3. The molecule has 1 saturated carbocycles. The van der Waals surface area contributed by atoms with Gasteiger partial charge in [-0.1, -0.05) is 27.2 Å². The van der Waals surface area contributed by atoms with Gasteiger partial charge in [-0.25, -0.2) is 0 Å². The van der Waals surface area contributed by atoms with E-state index in [1.165, 1.54) is 12.8 Å². The molecule has 0 spiro atoms. The van der Waals surface area contributed by atoms with E-state index in [9.17, 15) is 5.11 Å². The van der Waals surface area contributed by atoms with Crippen LogP contribution in [0.5, 0.6) is 0 Å². The lowest BCUT2D eigenvalue weighted by atomic mass is 9.70. The predicted octanol–water partition coefficient (Wildman–Crippen LogP) is 4.50. The van der Waals surface area contributed by atoms with Crippen molar-refractivity contribution in [1.82, 2.24) is 0 Å². The third-order valence-electron chi connectivity index (χ3n) is 4.90.